The maximum atomic E-state index is 11.9. The van der Waals surface area contributed by atoms with Crippen LogP contribution in [0.3, 0.4) is 0 Å². The summed E-state index contributed by atoms with van der Waals surface area (Å²) in [5.41, 5.74) is 0. The molecule has 1 aromatic carbocycles. The molecule has 1 amide bonds. The van der Waals surface area contributed by atoms with Gasteiger partial charge in [0.25, 0.3) is 0 Å². The lowest BCUT2D eigenvalue weighted by Crippen LogP contribution is -2.31. The Morgan fingerprint density at radius 3 is 2.63 bits per heavy atom. The Morgan fingerprint density at radius 1 is 1.16 bits per heavy atom. The largest absolute Gasteiger partial charge is 0.494 e. The first kappa shape index (κ1) is 12.5. The minimum atomic E-state index is 0.256. The van der Waals surface area contributed by atoms with E-state index >= 15 is 0 Å². The van der Waals surface area contributed by atoms with Crippen molar-refractivity contribution in [2.24, 2.45) is 17.8 Å². The predicted molar refractivity (Wildman–Crippen MR) is 73.9 cm³/mol. The van der Waals surface area contributed by atoms with E-state index in [2.05, 4.69) is 5.32 Å². The second-order valence-corrected chi connectivity index (χ2v) is 5.73. The Morgan fingerprint density at radius 2 is 1.89 bits per heavy atom. The van der Waals surface area contributed by atoms with Gasteiger partial charge in [0.15, 0.2) is 0 Å². The molecule has 2 saturated carbocycles. The van der Waals surface area contributed by atoms with Crippen LogP contribution in [0.5, 0.6) is 5.75 Å². The molecule has 0 spiro atoms. The Balaban J connectivity index is 1.27. The van der Waals surface area contributed by atoms with Crippen LogP contribution in [0, 0.1) is 17.8 Å². The Hall–Kier alpha value is -1.51. The number of carbonyl (C=O) groups excluding carboxylic acids is 1. The van der Waals surface area contributed by atoms with Crippen molar-refractivity contribution >= 4 is 5.91 Å². The fourth-order valence-electron chi connectivity index (χ4n) is 3.06. The minimum Gasteiger partial charge on any atom is -0.494 e. The van der Waals surface area contributed by atoms with Crippen LogP contribution in [0.25, 0.3) is 0 Å². The number of hydrogen-bond acceptors (Lipinski definition) is 2. The van der Waals surface area contributed by atoms with Crippen molar-refractivity contribution < 1.29 is 9.53 Å². The van der Waals surface area contributed by atoms with E-state index in [9.17, 15) is 4.79 Å². The van der Waals surface area contributed by atoms with Crippen molar-refractivity contribution in [3.05, 3.63) is 30.3 Å². The summed E-state index contributed by atoms with van der Waals surface area (Å²) in [7, 11) is 0. The molecule has 0 heterocycles. The molecule has 0 aromatic heterocycles. The summed E-state index contributed by atoms with van der Waals surface area (Å²) >= 11 is 0. The van der Waals surface area contributed by atoms with Crippen LogP contribution in [0.1, 0.15) is 25.7 Å². The first-order chi connectivity index (χ1) is 9.33. The highest BCUT2D eigenvalue weighted by atomic mass is 16.5. The van der Waals surface area contributed by atoms with Gasteiger partial charge in [0.2, 0.25) is 5.91 Å². The van der Waals surface area contributed by atoms with E-state index in [0.717, 1.165) is 43.4 Å². The second-order valence-electron chi connectivity index (χ2n) is 5.73. The molecule has 1 aromatic rings. The molecular formula is C16H21NO2. The zero-order valence-corrected chi connectivity index (χ0v) is 11.2. The molecule has 0 aliphatic heterocycles. The smallest absolute Gasteiger partial charge is 0.223 e. The first-order valence-electron chi connectivity index (χ1n) is 7.28. The number of hydrogen-bond donors (Lipinski definition) is 1. The van der Waals surface area contributed by atoms with E-state index in [1.165, 1.54) is 6.42 Å². The summed E-state index contributed by atoms with van der Waals surface area (Å²) in [5, 5.41) is 3.03. The van der Waals surface area contributed by atoms with Gasteiger partial charge in [-0.25, -0.2) is 0 Å². The highest BCUT2D eigenvalue weighted by Gasteiger charge is 2.47. The van der Waals surface area contributed by atoms with Crippen LogP contribution in [0.15, 0.2) is 30.3 Å². The molecule has 2 atom stereocenters. The van der Waals surface area contributed by atoms with Gasteiger partial charge in [-0.1, -0.05) is 18.2 Å². The van der Waals surface area contributed by atoms with Crippen LogP contribution in [0.2, 0.25) is 0 Å². The van der Waals surface area contributed by atoms with Crippen LogP contribution < -0.4 is 10.1 Å². The van der Waals surface area contributed by atoms with Crippen molar-refractivity contribution in [2.75, 3.05) is 13.2 Å². The molecular weight excluding hydrogens is 238 g/mol. The number of rotatable bonds is 6. The zero-order chi connectivity index (χ0) is 13.1. The SMILES string of the molecule is O=C(NCCCOc1ccccc1)C1CC2CC2C1. The number of fused-ring (bicyclic) bond motifs is 1. The van der Waals surface area contributed by atoms with Gasteiger partial charge in [-0.3, -0.25) is 4.79 Å². The third-order valence-corrected chi connectivity index (χ3v) is 4.25. The Bertz CT molecular complexity index is 422. The Kier molecular flexibility index (Phi) is 3.72. The van der Waals surface area contributed by atoms with Crippen LogP contribution in [-0.2, 0) is 4.79 Å². The van der Waals surface area contributed by atoms with Crippen LogP contribution in [0.4, 0.5) is 0 Å². The topological polar surface area (TPSA) is 38.3 Å². The van der Waals surface area contributed by atoms with Gasteiger partial charge in [-0.15, -0.1) is 0 Å². The molecule has 3 heteroatoms. The summed E-state index contributed by atoms with van der Waals surface area (Å²) < 4.78 is 5.59. The maximum Gasteiger partial charge on any atom is 0.223 e. The molecule has 0 bridgehead atoms. The third-order valence-electron chi connectivity index (χ3n) is 4.25. The Labute approximate surface area is 114 Å². The number of benzene rings is 1. The van der Waals surface area contributed by atoms with Gasteiger partial charge in [0, 0.05) is 12.5 Å². The molecule has 2 aliphatic rings. The summed E-state index contributed by atoms with van der Waals surface area (Å²) in [5.74, 6) is 3.18. The summed E-state index contributed by atoms with van der Waals surface area (Å²) in [6.07, 6.45) is 4.48. The number of para-hydroxylation sites is 1. The van der Waals surface area contributed by atoms with Crippen molar-refractivity contribution in [1.29, 1.82) is 0 Å². The fourth-order valence-corrected chi connectivity index (χ4v) is 3.06. The standard InChI is InChI=1S/C16H21NO2/c18-16(14-10-12-9-13(12)11-14)17-7-4-8-19-15-5-2-1-3-6-15/h1-3,5-6,12-14H,4,7-11H2,(H,17,18). The predicted octanol–water partition coefficient (Wildman–Crippen LogP) is 2.62. The molecule has 102 valence electrons. The van der Waals surface area contributed by atoms with Crippen molar-refractivity contribution in [3.63, 3.8) is 0 Å². The molecule has 1 N–H and O–H groups in total. The van der Waals surface area contributed by atoms with Gasteiger partial charge < -0.3 is 10.1 Å². The third kappa shape index (κ3) is 3.28. The van der Waals surface area contributed by atoms with Crippen molar-refractivity contribution in [3.8, 4) is 5.75 Å². The van der Waals surface area contributed by atoms with Gasteiger partial charge in [-0.2, -0.15) is 0 Å². The van der Waals surface area contributed by atoms with Crippen molar-refractivity contribution in [2.45, 2.75) is 25.7 Å². The summed E-state index contributed by atoms with van der Waals surface area (Å²) in [4.78, 5) is 11.9. The molecule has 3 nitrogen and oxygen atoms in total. The number of carbonyl (C=O) groups is 1. The average molecular weight is 259 g/mol. The zero-order valence-electron chi connectivity index (χ0n) is 11.2. The van der Waals surface area contributed by atoms with Crippen LogP contribution >= 0.6 is 0 Å². The second kappa shape index (κ2) is 5.64. The molecule has 2 unspecified atom stereocenters. The van der Waals surface area contributed by atoms with E-state index in [-0.39, 0.29) is 5.91 Å². The van der Waals surface area contributed by atoms with Gasteiger partial charge in [0.05, 0.1) is 6.61 Å². The molecule has 3 rings (SSSR count). The van der Waals surface area contributed by atoms with E-state index in [1.807, 2.05) is 30.3 Å². The molecule has 2 aliphatic carbocycles. The molecule has 0 saturated heterocycles. The highest BCUT2D eigenvalue weighted by molar-refractivity contribution is 5.79. The highest BCUT2D eigenvalue weighted by Crippen LogP contribution is 2.54. The minimum absolute atomic E-state index is 0.256. The first-order valence-corrected chi connectivity index (χ1v) is 7.28. The van der Waals surface area contributed by atoms with E-state index in [0.29, 0.717) is 12.5 Å². The van der Waals surface area contributed by atoms with Gasteiger partial charge >= 0.3 is 0 Å². The summed E-state index contributed by atoms with van der Waals surface area (Å²) in [6, 6.07) is 9.79. The van der Waals surface area contributed by atoms with Gasteiger partial charge in [-0.05, 0) is 49.7 Å². The number of nitrogens with one attached hydrogen (secondary N) is 1. The molecule has 0 radical (unpaired) electrons. The molecule has 2 fully saturated rings. The lowest BCUT2D eigenvalue weighted by Gasteiger charge is -2.12. The van der Waals surface area contributed by atoms with Crippen molar-refractivity contribution in [1.82, 2.24) is 5.32 Å². The van der Waals surface area contributed by atoms with E-state index in [4.69, 9.17) is 4.74 Å². The van der Waals surface area contributed by atoms with Gasteiger partial charge in [0.1, 0.15) is 5.75 Å². The number of ether oxygens (including phenoxy) is 1. The fraction of sp³-hybridized carbons (Fsp3) is 0.562. The monoisotopic (exact) mass is 259 g/mol. The quantitative estimate of drug-likeness (QED) is 0.798. The van der Waals surface area contributed by atoms with E-state index in [1.54, 1.807) is 0 Å². The normalized spacial score (nSPS) is 27.7. The molecule has 19 heavy (non-hydrogen) atoms. The van der Waals surface area contributed by atoms with Crippen LogP contribution in [-0.4, -0.2) is 19.1 Å². The van der Waals surface area contributed by atoms with E-state index < -0.39 is 0 Å². The lowest BCUT2D eigenvalue weighted by molar-refractivity contribution is -0.125. The lowest BCUT2D eigenvalue weighted by atomic mass is 10.0. The average Bonchev–Trinajstić information content (AvgIpc) is 3.06. The number of amides is 1. The summed E-state index contributed by atoms with van der Waals surface area (Å²) in [6.45, 7) is 1.37. The maximum absolute atomic E-state index is 11.9.